The molecule has 2 aromatic carbocycles. The number of nitrogens with zero attached hydrogens (tertiary/aromatic N) is 2. The number of likely N-dealkylation sites (N-methyl/N-ethyl adjacent to an activating group) is 1. The van der Waals surface area contributed by atoms with E-state index in [2.05, 4.69) is 4.98 Å². The molecule has 0 bridgehead atoms. The normalized spacial score (nSPS) is 15.5. The van der Waals surface area contributed by atoms with Crippen molar-refractivity contribution in [3.63, 3.8) is 0 Å². The Hall–Kier alpha value is -3.70. The molecule has 3 heterocycles. The van der Waals surface area contributed by atoms with Crippen molar-refractivity contribution in [3.8, 4) is 0 Å². The first-order valence-electron chi connectivity index (χ1n) is 10.7. The Bertz CT molecular complexity index is 1520. The average molecular weight is 489 g/mol. The Labute approximate surface area is 195 Å². The number of halogens is 4. The number of carbonyl (C=O) groups is 1. The Kier molecular flexibility index (Phi) is 5.60. The molecule has 0 radical (unpaired) electrons. The van der Waals surface area contributed by atoms with E-state index in [0.29, 0.717) is 16.6 Å². The van der Waals surface area contributed by atoms with Gasteiger partial charge in [-0.05, 0) is 29.7 Å². The number of pyridine rings is 1. The van der Waals surface area contributed by atoms with Crippen molar-refractivity contribution in [1.82, 2.24) is 14.5 Å². The molecule has 1 atom stereocenters. The first kappa shape index (κ1) is 23.1. The molecule has 35 heavy (non-hydrogen) atoms. The van der Waals surface area contributed by atoms with Crippen molar-refractivity contribution < 1.29 is 32.2 Å². The second-order valence-corrected chi connectivity index (χ2v) is 8.34. The van der Waals surface area contributed by atoms with E-state index in [4.69, 9.17) is 4.74 Å². The van der Waals surface area contributed by atoms with Gasteiger partial charge in [0.25, 0.3) is 11.5 Å². The van der Waals surface area contributed by atoms with Gasteiger partial charge in [-0.3, -0.25) is 9.59 Å². The summed E-state index contributed by atoms with van der Waals surface area (Å²) in [6.45, 7) is -0.542. The maximum Gasteiger partial charge on any atom is 0.270 e. The molecule has 11 heteroatoms. The molecule has 5 rings (SSSR count). The van der Waals surface area contributed by atoms with Crippen molar-refractivity contribution in [3.05, 3.63) is 80.9 Å². The van der Waals surface area contributed by atoms with Crippen LogP contribution in [0.25, 0.3) is 21.7 Å². The highest BCUT2D eigenvalue weighted by molar-refractivity contribution is 5.98. The monoisotopic (exact) mass is 489 g/mol. The lowest BCUT2D eigenvalue weighted by atomic mass is 9.94. The fourth-order valence-corrected chi connectivity index (χ4v) is 4.61. The number of nitrogens with one attached hydrogen (secondary N) is 1. The molecule has 0 spiro atoms. The first-order chi connectivity index (χ1) is 16.7. The van der Waals surface area contributed by atoms with Crippen LogP contribution in [-0.2, 0) is 17.9 Å². The predicted octanol–water partition coefficient (Wildman–Crippen LogP) is 3.38. The Morgan fingerprint density at radius 1 is 1.09 bits per heavy atom. The number of ether oxygens (including phenoxy) is 1. The largest absolute Gasteiger partial charge is 0.395 e. The number of hydrogen-bond donors (Lipinski definition) is 2. The van der Waals surface area contributed by atoms with Crippen LogP contribution in [0.1, 0.15) is 27.8 Å². The highest BCUT2D eigenvalue weighted by Gasteiger charge is 2.33. The number of fused-ring (bicyclic) bond motifs is 4. The summed E-state index contributed by atoms with van der Waals surface area (Å²) in [6, 6.07) is 4.19. The molecule has 2 N–H and O–H groups in total. The quantitative estimate of drug-likeness (QED) is 0.431. The Balaban J connectivity index is 1.66. The average Bonchev–Trinajstić information content (AvgIpc) is 3.24. The van der Waals surface area contributed by atoms with Crippen LogP contribution in [0.5, 0.6) is 0 Å². The van der Waals surface area contributed by atoms with Crippen molar-refractivity contribution in [2.24, 2.45) is 0 Å². The number of H-pyrrole nitrogens is 1. The zero-order valence-corrected chi connectivity index (χ0v) is 18.4. The Morgan fingerprint density at radius 3 is 2.46 bits per heavy atom. The van der Waals surface area contributed by atoms with Gasteiger partial charge in [-0.15, -0.1) is 0 Å². The van der Waals surface area contributed by atoms with Crippen LogP contribution in [0, 0.1) is 23.3 Å². The second kappa shape index (κ2) is 8.51. The van der Waals surface area contributed by atoms with Gasteiger partial charge >= 0.3 is 0 Å². The van der Waals surface area contributed by atoms with Gasteiger partial charge in [0.1, 0.15) is 5.69 Å². The lowest BCUT2D eigenvalue weighted by Crippen LogP contribution is -2.39. The Morgan fingerprint density at radius 2 is 1.74 bits per heavy atom. The number of carbonyl (C=O) groups excluding carboxylic acids is 1. The van der Waals surface area contributed by atoms with Crippen LogP contribution in [-0.4, -0.2) is 45.7 Å². The summed E-state index contributed by atoms with van der Waals surface area (Å²) in [6.07, 6.45) is 0. The summed E-state index contributed by atoms with van der Waals surface area (Å²) in [5, 5.41) is 9.81. The standard InChI is InChI=1S/C24H19F4N3O4/c1-30(24(34)19-5-11-4-14(25)17(28)8-18(11)29-19)20-9-35-10-21-22(20)12-6-15(26)16(27)7-13(12)23(33)31(21)2-3-32/h4-8,20,29,32H,2-3,9-10H2,1H3/t20-/m0/s1. The topological polar surface area (TPSA) is 87.6 Å². The molecule has 0 fully saturated rings. The zero-order valence-electron chi connectivity index (χ0n) is 18.4. The maximum atomic E-state index is 14.2. The first-order valence-corrected chi connectivity index (χ1v) is 10.7. The summed E-state index contributed by atoms with van der Waals surface area (Å²) in [7, 11) is 1.46. The van der Waals surface area contributed by atoms with Crippen LogP contribution in [0.15, 0.2) is 35.1 Å². The third kappa shape index (κ3) is 3.67. The van der Waals surface area contributed by atoms with E-state index >= 15 is 0 Å². The second-order valence-electron chi connectivity index (χ2n) is 8.34. The van der Waals surface area contributed by atoms with E-state index < -0.39 is 40.8 Å². The minimum atomic E-state index is -1.20. The summed E-state index contributed by atoms with van der Waals surface area (Å²) in [4.78, 5) is 30.4. The highest BCUT2D eigenvalue weighted by Crippen LogP contribution is 2.35. The van der Waals surface area contributed by atoms with Crippen LogP contribution in [0.2, 0.25) is 0 Å². The van der Waals surface area contributed by atoms with Gasteiger partial charge in [-0.1, -0.05) is 0 Å². The fourth-order valence-electron chi connectivity index (χ4n) is 4.61. The van der Waals surface area contributed by atoms with Crippen molar-refractivity contribution >= 4 is 27.6 Å². The molecule has 4 aromatic rings. The molecular weight excluding hydrogens is 470 g/mol. The van der Waals surface area contributed by atoms with Crippen molar-refractivity contribution in [2.45, 2.75) is 19.2 Å². The molecule has 182 valence electrons. The van der Waals surface area contributed by atoms with Crippen molar-refractivity contribution in [2.75, 3.05) is 20.3 Å². The maximum absolute atomic E-state index is 14.2. The predicted molar refractivity (Wildman–Crippen MR) is 118 cm³/mol. The molecule has 1 aliphatic rings. The molecule has 7 nitrogen and oxygen atoms in total. The molecule has 0 aliphatic carbocycles. The molecule has 1 aliphatic heterocycles. The number of benzene rings is 2. The highest BCUT2D eigenvalue weighted by atomic mass is 19.2. The number of rotatable bonds is 4. The number of aromatic nitrogens is 2. The van der Waals surface area contributed by atoms with E-state index in [9.17, 15) is 32.3 Å². The third-order valence-electron chi connectivity index (χ3n) is 6.31. The molecular formula is C24H19F4N3O4. The molecule has 1 amide bonds. The summed E-state index contributed by atoms with van der Waals surface area (Å²) in [5.41, 5.74) is 0.372. The third-order valence-corrected chi connectivity index (χ3v) is 6.31. The fraction of sp³-hybridized carbons (Fsp3) is 0.250. The zero-order chi connectivity index (χ0) is 25.0. The van der Waals surface area contributed by atoms with Gasteiger partial charge < -0.3 is 24.3 Å². The van der Waals surface area contributed by atoms with E-state index in [1.54, 1.807) is 0 Å². The number of aliphatic hydroxyl groups excluding tert-OH is 1. The SMILES string of the molecule is CN(C(=O)c1cc2cc(F)c(F)cc2[nH]1)[C@H]1COCc2c1c1cc(F)c(F)cc1c(=O)n2CCO. The number of aromatic amines is 1. The van der Waals surface area contributed by atoms with Crippen molar-refractivity contribution in [1.29, 1.82) is 0 Å². The van der Waals surface area contributed by atoms with Crippen LogP contribution in [0.3, 0.4) is 0 Å². The number of aliphatic hydroxyl groups is 1. The van der Waals surface area contributed by atoms with Gasteiger partial charge in [0, 0.05) is 36.1 Å². The van der Waals surface area contributed by atoms with E-state index in [-0.39, 0.29) is 48.3 Å². The van der Waals surface area contributed by atoms with Gasteiger partial charge in [0.05, 0.1) is 36.9 Å². The van der Waals surface area contributed by atoms with Crippen LogP contribution < -0.4 is 5.56 Å². The van der Waals surface area contributed by atoms with Gasteiger partial charge in [-0.25, -0.2) is 17.6 Å². The number of amides is 1. The van der Waals surface area contributed by atoms with Crippen LogP contribution >= 0.6 is 0 Å². The summed E-state index contributed by atoms with van der Waals surface area (Å²) in [5.74, 6) is -5.03. The van der Waals surface area contributed by atoms with Gasteiger partial charge in [0.15, 0.2) is 23.3 Å². The summed E-state index contributed by atoms with van der Waals surface area (Å²) < 4.78 is 62.3. The molecule has 0 unspecified atom stereocenters. The van der Waals surface area contributed by atoms with E-state index in [1.807, 2.05) is 0 Å². The van der Waals surface area contributed by atoms with E-state index in [1.165, 1.54) is 22.6 Å². The lowest BCUT2D eigenvalue weighted by Gasteiger charge is -2.35. The summed E-state index contributed by atoms with van der Waals surface area (Å²) >= 11 is 0. The number of hydrogen-bond acceptors (Lipinski definition) is 4. The smallest absolute Gasteiger partial charge is 0.270 e. The van der Waals surface area contributed by atoms with Gasteiger partial charge in [-0.2, -0.15) is 0 Å². The van der Waals surface area contributed by atoms with E-state index in [0.717, 1.165) is 24.3 Å². The minimum absolute atomic E-state index is 0.00977. The van der Waals surface area contributed by atoms with Gasteiger partial charge in [0.2, 0.25) is 0 Å². The minimum Gasteiger partial charge on any atom is -0.395 e. The van der Waals surface area contributed by atoms with Crippen LogP contribution in [0.4, 0.5) is 17.6 Å². The molecule has 2 aromatic heterocycles. The molecule has 0 saturated heterocycles. The lowest BCUT2D eigenvalue weighted by molar-refractivity contribution is 0.0312. The molecule has 0 saturated carbocycles.